The first-order valence-electron chi connectivity index (χ1n) is 7.24. The van der Waals surface area contributed by atoms with E-state index >= 15 is 0 Å². The lowest BCUT2D eigenvalue weighted by Gasteiger charge is -2.09. The van der Waals surface area contributed by atoms with E-state index in [1.165, 1.54) is 18.4 Å². The fourth-order valence-corrected chi connectivity index (χ4v) is 2.83. The number of anilines is 1. The summed E-state index contributed by atoms with van der Waals surface area (Å²) in [7, 11) is 1.43. The van der Waals surface area contributed by atoms with Crippen LogP contribution in [0.15, 0.2) is 28.7 Å². The van der Waals surface area contributed by atoms with Crippen molar-refractivity contribution >= 4 is 23.5 Å². The molecule has 0 amide bonds. The van der Waals surface area contributed by atoms with Crippen LogP contribution in [0.5, 0.6) is 0 Å². The van der Waals surface area contributed by atoms with Gasteiger partial charge in [-0.25, -0.2) is 20.1 Å². The van der Waals surface area contributed by atoms with Gasteiger partial charge in [0.15, 0.2) is 5.69 Å². The van der Waals surface area contributed by atoms with Gasteiger partial charge in [-0.3, -0.25) is 0 Å². The molecule has 0 aliphatic heterocycles. The van der Waals surface area contributed by atoms with Crippen molar-refractivity contribution in [3.63, 3.8) is 0 Å². The topological polar surface area (TPSA) is 68.0 Å². The first kappa shape index (κ1) is 18.0. The molecule has 0 bridgehead atoms. The van der Waals surface area contributed by atoms with Crippen LogP contribution < -0.4 is 5.43 Å². The first-order chi connectivity index (χ1) is 12.3. The summed E-state index contributed by atoms with van der Waals surface area (Å²) in [5.74, 6) is -0.960. The van der Waals surface area contributed by atoms with Crippen LogP contribution in [-0.2, 0) is 13.2 Å². The van der Waals surface area contributed by atoms with E-state index in [-0.39, 0.29) is 17.2 Å². The highest BCUT2D eigenvalue weighted by Crippen LogP contribution is 2.32. The van der Waals surface area contributed by atoms with Crippen molar-refractivity contribution in [2.75, 3.05) is 5.43 Å². The molecule has 0 radical (unpaired) electrons. The van der Waals surface area contributed by atoms with E-state index in [1.54, 1.807) is 24.4 Å². The number of aromatic nitrogens is 4. The Balaban J connectivity index is 1.92. The monoisotopic (exact) mass is 384 g/mol. The molecule has 0 saturated carbocycles. The molecule has 3 rings (SSSR count). The molecule has 6 nitrogen and oxygen atoms in total. The molecule has 0 unspecified atom stereocenters. The number of halogens is 4. The van der Waals surface area contributed by atoms with Crippen molar-refractivity contribution in [1.82, 2.24) is 19.7 Å². The minimum absolute atomic E-state index is 0.115. The molecule has 0 saturated heterocycles. The Kier molecular flexibility index (Phi) is 4.72. The Morgan fingerprint density at radius 2 is 2.08 bits per heavy atom. The third kappa shape index (κ3) is 3.72. The lowest BCUT2D eigenvalue weighted by Crippen LogP contribution is -2.11. The molecule has 0 spiro atoms. The molecule has 26 heavy (non-hydrogen) atoms. The van der Waals surface area contributed by atoms with Crippen molar-refractivity contribution in [1.29, 1.82) is 0 Å². The molecular formula is C15H12F4N6S. The number of aryl methyl sites for hydroxylation is 2. The number of thiophene rings is 1. The maximum absolute atomic E-state index is 13.8. The van der Waals surface area contributed by atoms with Gasteiger partial charge in [0.25, 0.3) is 0 Å². The second-order valence-corrected chi connectivity index (χ2v) is 6.17. The van der Waals surface area contributed by atoms with Gasteiger partial charge in [-0.15, -0.1) is 11.3 Å². The normalized spacial score (nSPS) is 12.1. The number of nitrogens with zero attached hydrogens (tertiary/aromatic N) is 5. The van der Waals surface area contributed by atoms with Crippen LogP contribution in [0.1, 0.15) is 17.0 Å². The summed E-state index contributed by atoms with van der Waals surface area (Å²) in [6, 6.07) is 4.22. The fraction of sp³-hybridized carbons (Fsp3) is 0.200. The third-order valence-electron chi connectivity index (χ3n) is 3.34. The maximum atomic E-state index is 13.8. The highest BCUT2D eigenvalue weighted by molar-refractivity contribution is 7.13. The number of nitrogens with one attached hydrogen (secondary N) is 1. The highest BCUT2D eigenvalue weighted by Gasteiger charge is 2.34. The van der Waals surface area contributed by atoms with Crippen LogP contribution in [0.4, 0.5) is 23.5 Å². The summed E-state index contributed by atoms with van der Waals surface area (Å²) in [5.41, 5.74) is 1.84. The van der Waals surface area contributed by atoms with Gasteiger partial charge in [0.1, 0.15) is 0 Å². The maximum Gasteiger partial charge on any atom is 0.433 e. The van der Waals surface area contributed by atoms with Crippen molar-refractivity contribution in [2.24, 2.45) is 12.1 Å². The SMILES string of the molecule is Cc1nn(C)c(F)c1/C=N\Nc1nc(-c2cccs2)cc(C(F)(F)F)n1. The van der Waals surface area contributed by atoms with E-state index in [4.69, 9.17) is 0 Å². The minimum atomic E-state index is -4.64. The van der Waals surface area contributed by atoms with Crippen LogP contribution in [0.2, 0.25) is 0 Å². The average molecular weight is 384 g/mol. The molecule has 3 aromatic rings. The fourth-order valence-electron chi connectivity index (χ4n) is 2.14. The Bertz CT molecular complexity index is 946. The van der Waals surface area contributed by atoms with E-state index in [1.807, 2.05) is 0 Å². The molecule has 11 heteroatoms. The van der Waals surface area contributed by atoms with Gasteiger partial charge in [0.05, 0.1) is 28.0 Å². The van der Waals surface area contributed by atoms with Gasteiger partial charge in [0, 0.05) is 7.05 Å². The van der Waals surface area contributed by atoms with Crippen molar-refractivity contribution in [2.45, 2.75) is 13.1 Å². The van der Waals surface area contributed by atoms with Gasteiger partial charge in [-0.2, -0.15) is 27.8 Å². The zero-order chi connectivity index (χ0) is 18.9. The standard InChI is InChI=1S/C15H12F4N6S/c1-8-9(13(16)25(2)24-8)7-20-23-14-21-10(11-4-3-5-26-11)6-12(22-14)15(17,18)19/h3-7H,1-2H3,(H,21,22,23)/b20-7-. The Labute approximate surface area is 149 Å². The van der Waals surface area contributed by atoms with Crippen LogP contribution in [0.3, 0.4) is 0 Å². The first-order valence-corrected chi connectivity index (χ1v) is 8.12. The lowest BCUT2D eigenvalue weighted by atomic mass is 10.3. The van der Waals surface area contributed by atoms with Crippen LogP contribution >= 0.6 is 11.3 Å². The summed E-state index contributed by atoms with van der Waals surface area (Å²) in [6.07, 6.45) is -3.52. The van der Waals surface area contributed by atoms with Gasteiger partial charge < -0.3 is 0 Å². The van der Waals surface area contributed by atoms with Gasteiger partial charge in [0.2, 0.25) is 11.9 Å². The van der Waals surface area contributed by atoms with E-state index < -0.39 is 17.8 Å². The number of hydrogen-bond acceptors (Lipinski definition) is 6. The summed E-state index contributed by atoms with van der Waals surface area (Å²) in [4.78, 5) is 8.01. The third-order valence-corrected chi connectivity index (χ3v) is 4.24. The summed E-state index contributed by atoms with van der Waals surface area (Å²) >= 11 is 1.25. The van der Waals surface area contributed by atoms with Gasteiger partial charge in [-0.05, 0) is 24.4 Å². The molecule has 136 valence electrons. The predicted octanol–water partition coefficient (Wildman–Crippen LogP) is 3.85. The van der Waals surface area contributed by atoms with Crippen LogP contribution in [-0.4, -0.2) is 26.0 Å². The molecule has 0 atom stereocenters. The largest absolute Gasteiger partial charge is 0.433 e. The minimum Gasteiger partial charge on any atom is -0.245 e. The van der Waals surface area contributed by atoms with E-state index in [0.717, 1.165) is 17.0 Å². The molecule has 0 aliphatic rings. The second-order valence-electron chi connectivity index (χ2n) is 5.22. The second kappa shape index (κ2) is 6.83. The molecule has 1 N–H and O–H groups in total. The summed E-state index contributed by atoms with van der Waals surface area (Å²) in [5, 5.41) is 9.34. The molecule has 0 fully saturated rings. The summed E-state index contributed by atoms with van der Waals surface area (Å²) in [6.45, 7) is 1.58. The predicted molar refractivity (Wildman–Crippen MR) is 89.5 cm³/mol. The van der Waals surface area contributed by atoms with E-state index in [0.29, 0.717) is 10.6 Å². The summed E-state index contributed by atoms with van der Waals surface area (Å²) < 4.78 is 54.1. The number of hydrogen-bond donors (Lipinski definition) is 1. The van der Waals surface area contributed by atoms with Crippen LogP contribution in [0, 0.1) is 12.9 Å². The van der Waals surface area contributed by atoms with Gasteiger partial charge in [-0.1, -0.05) is 6.07 Å². The quantitative estimate of drug-likeness (QED) is 0.422. The number of alkyl halides is 3. The zero-order valence-corrected chi connectivity index (χ0v) is 14.4. The van der Waals surface area contributed by atoms with E-state index in [2.05, 4.69) is 25.6 Å². The Morgan fingerprint density at radius 3 is 2.65 bits per heavy atom. The molecule has 3 aromatic heterocycles. The zero-order valence-electron chi connectivity index (χ0n) is 13.5. The number of hydrazone groups is 1. The number of rotatable bonds is 4. The van der Waals surface area contributed by atoms with Crippen molar-refractivity contribution in [3.05, 3.63) is 46.5 Å². The molecule has 0 aromatic carbocycles. The Morgan fingerprint density at radius 1 is 1.31 bits per heavy atom. The van der Waals surface area contributed by atoms with Crippen molar-refractivity contribution < 1.29 is 17.6 Å². The smallest absolute Gasteiger partial charge is 0.245 e. The molecular weight excluding hydrogens is 372 g/mol. The Hall–Kier alpha value is -2.82. The van der Waals surface area contributed by atoms with Crippen LogP contribution in [0.25, 0.3) is 10.6 Å². The highest BCUT2D eigenvalue weighted by atomic mass is 32.1. The lowest BCUT2D eigenvalue weighted by molar-refractivity contribution is -0.141. The molecule has 3 heterocycles. The van der Waals surface area contributed by atoms with E-state index in [9.17, 15) is 17.6 Å². The molecule has 0 aliphatic carbocycles. The van der Waals surface area contributed by atoms with Crippen molar-refractivity contribution in [3.8, 4) is 10.6 Å². The average Bonchev–Trinajstić information content (AvgIpc) is 3.18. The van der Waals surface area contributed by atoms with Gasteiger partial charge >= 0.3 is 6.18 Å².